The summed E-state index contributed by atoms with van der Waals surface area (Å²) < 4.78 is 0. The van der Waals surface area contributed by atoms with Crippen LogP contribution >= 0.6 is 0 Å². The SMILES string of the molecule is C#Cc1cccc(CO[N+](=O)[O-])c1. The molecule has 1 aromatic carbocycles. The monoisotopic (exact) mass is 177 g/mol. The van der Waals surface area contributed by atoms with Gasteiger partial charge in [0.15, 0.2) is 0 Å². The van der Waals surface area contributed by atoms with Crippen LogP contribution in [0.15, 0.2) is 24.3 Å². The standard InChI is InChI=1S/C9H7NO3/c1-2-8-4-3-5-9(6-8)7-13-10(11)12/h1,3-6H,7H2. The van der Waals surface area contributed by atoms with Crippen LogP contribution in [-0.2, 0) is 11.4 Å². The van der Waals surface area contributed by atoms with Crippen molar-refractivity contribution in [3.8, 4) is 12.3 Å². The molecule has 0 fully saturated rings. The lowest BCUT2D eigenvalue weighted by Crippen LogP contribution is -2.00. The summed E-state index contributed by atoms with van der Waals surface area (Å²) in [6.45, 7) is -0.0669. The maximum Gasteiger partial charge on any atom is 0.294 e. The highest BCUT2D eigenvalue weighted by Crippen LogP contribution is 2.05. The second kappa shape index (κ2) is 4.12. The molecule has 0 atom stereocenters. The molecule has 0 amide bonds. The van der Waals surface area contributed by atoms with Crippen LogP contribution in [0.4, 0.5) is 0 Å². The summed E-state index contributed by atoms with van der Waals surface area (Å²) in [4.78, 5) is 14.1. The zero-order chi connectivity index (χ0) is 9.68. The second-order valence-corrected chi connectivity index (χ2v) is 2.34. The zero-order valence-corrected chi connectivity index (χ0v) is 6.77. The summed E-state index contributed by atoms with van der Waals surface area (Å²) in [6, 6.07) is 6.86. The Labute approximate surface area is 75.2 Å². The predicted molar refractivity (Wildman–Crippen MR) is 46.2 cm³/mol. The summed E-state index contributed by atoms with van der Waals surface area (Å²) in [5, 5.41) is 9.04. The fourth-order valence-electron chi connectivity index (χ4n) is 0.878. The van der Waals surface area contributed by atoms with Crippen LogP contribution in [0.5, 0.6) is 0 Å². The fourth-order valence-corrected chi connectivity index (χ4v) is 0.878. The van der Waals surface area contributed by atoms with Crippen LogP contribution < -0.4 is 0 Å². The van der Waals surface area contributed by atoms with Gasteiger partial charge in [0.25, 0.3) is 5.09 Å². The molecule has 0 unspecified atom stereocenters. The van der Waals surface area contributed by atoms with Gasteiger partial charge in [-0.15, -0.1) is 16.5 Å². The van der Waals surface area contributed by atoms with Crippen molar-refractivity contribution in [1.82, 2.24) is 0 Å². The molecule has 0 spiro atoms. The molecule has 1 aromatic rings. The largest absolute Gasteiger partial charge is 0.309 e. The van der Waals surface area contributed by atoms with Gasteiger partial charge in [0.1, 0.15) is 6.61 Å². The van der Waals surface area contributed by atoms with Crippen molar-refractivity contribution in [3.05, 3.63) is 45.5 Å². The number of benzene rings is 1. The Balaban J connectivity index is 2.68. The molecule has 0 aromatic heterocycles. The first kappa shape index (κ1) is 9.07. The molecule has 0 aliphatic heterocycles. The average molecular weight is 177 g/mol. The molecule has 1 rings (SSSR count). The minimum Gasteiger partial charge on any atom is -0.309 e. The van der Waals surface area contributed by atoms with Gasteiger partial charge in [-0.2, -0.15) is 0 Å². The number of hydrogen-bond donors (Lipinski definition) is 0. The van der Waals surface area contributed by atoms with E-state index in [-0.39, 0.29) is 6.61 Å². The predicted octanol–water partition coefficient (Wildman–Crippen LogP) is 1.38. The van der Waals surface area contributed by atoms with E-state index in [2.05, 4.69) is 10.8 Å². The maximum absolute atomic E-state index is 9.87. The van der Waals surface area contributed by atoms with E-state index in [9.17, 15) is 10.1 Å². The highest BCUT2D eigenvalue weighted by Gasteiger charge is 1.97. The van der Waals surface area contributed by atoms with Crippen LogP contribution in [0.1, 0.15) is 11.1 Å². The minimum absolute atomic E-state index is 0.0669. The first-order chi connectivity index (χ1) is 6.22. The molecule has 4 nitrogen and oxygen atoms in total. The van der Waals surface area contributed by atoms with Gasteiger partial charge in [-0.1, -0.05) is 18.1 Å². The van der Waals surface area contributed by atoms with E-state index in [0.717, 1.165) is 0 Å². The topological polar surface area (TPSA) is 52.4 Å². The molecule has 4 heteroatoms. The molecule has 0 N–H and O–H groups in total. The van der Waals surface area contributed by atoms with E-state index in [1.165, 1.54) is 0 Å². The van der Waals surface area contributed by atoms with Crippen molar-refractivity contribution in [2.24, 2.45) is 0 Å². The summed E-state index contributed by atoms with van der Waals surface area (Å²) in [5.74, 6) is 2.43. The third-order valence-corrected chi connectivity index (χ3v) is 1.43. The molecule has 13 heavy (non-hydrogen) atoms. The minimum atomic E-state index is -0.831. The van der Waals surface area contributed by atoms with Crippen molar-refractivity contribution in [2.75, 3.05) is 0 Å². The molecular weight excluding hydrogens is 170 g/mol. The third-order valence-electron chi connectivity index (χ3n) is 1.43. The number of terminal acetylenes is 1. The molecule has 0 aliphatic carbocycles. The summed E-state index contributed by atoms with van der Waals surface area (Å²) in [6.07, 6.45) is 5.15. The van der Waals surface area contributed by atoms with Gasteiger partial charge in [0.05, 0.1) is 0 Å². The van der Waals surface area contributed by atoms with E-state index in [1.807, 2.05) is 0 Å². The Kier molecular flexibility index (Phi) is 2.87. The van der Waals surface area contributed by atoms with Crippen LogP contribution in [0.2, 0.25) is 0 Å². The lowest BCUT2D eigenvalue weighted by Gasteiger charge is -1.99. The van der Waals surface area contributed by atoms with Gasteiger partial charge in [-0.05, 0) is 17.7 Å². The van der Waals surface area contributed by atoms with E-state index in [4.69, 9.17) is 6.42 Å². The molecular formula is C9H7NO3. The third kappa shape index (κ3) is 2.83. The Hall–Kier alpha value is -2.02. The normalized spacial score (nSPS) is 8.85. The molecule has 0 aliphatic rings. The molecule has 0 heterocycles. The van der Waals surface area contributed by atoms with Crippen molar-refractivity contribution >= 4 is 0 Å². The highest BCUT2D eigenvalue weighted by molar-refractivity contribution is 5.34. The molecule has 0 saturated heterocycles. The van der Waals surface area contributed by atoms with Gasteiger partial charge in [-0.3, -0.25) is 0 Å². The molecule has 66 valence electrons. The quantitative estimate of drug-likeness (QED) is 0.398. The van der Waals surface area contributed by atoms with Crippen molar-refractivity contribution < 1.29 is 9.92 Å². The van der Waals surface area contributed by atoms with Gasteiger partial charge >= 0.3 is 0 Å². The van der Waals surface area contributed by atoms with E-state index >= 15 is 0 Å². The van der Waals surface area contributed by atoms with E-state index in [1.54, 1.807) is 24.3 Å². The summed E-state index contributed by atoms with van der Waals surface area (Å²) >= 11 is 0. The van der Waals surface area contributed by atoms with E-state index < -0.39 is 5.09 Å². The van der Waals surface area contributed by atoms with Crippen LogP contribution in [0, 0.1) is 22.5 Å². The lowest BCUT2D eigenvalue weighted by atomic mass is 10.1. The molecule has 0 bridgehead atoms. The second-order valence-electron chi connectivity index (χ2n) is 2.34. The van der Waals surface area contributed by atoms with Gasteiger partial charge < -0.3 is 4.84 Å². The Morgan fingerprint density at radius 1 is 1.62 bits per heavy atom. The van der Waals surface area contributed by atoms with Crippen LogP contribution in [0.25, 0.3) is 0 Å². The van der Waals surface area contributed by atoms with Crippen molar-refractivity contribution in [1.29, 1.82) is 0 Å². The number of hydrogen-bond acceptors (Lipinski definition) is 3. The average Bonchev–Trinajstić information content (AvgIpc) is 2.15. The number of rotatable bonds is 3. The molecule has 0 saturated carbocycles. The molecule has 0 radical (unpaired) electrons. The van der Waals surface area contributed by atoms with E-state index in [0.29, 0.717) is 11.1 Å². The smallest absolute Gasteiger partial charge is 0.294 e. The lowest BCUT2D eigenvalue weighted by molar-refractivity contribution is -0.763. The first-order valence-electron chi connectivity index (χ1n) is 3.55. The van der Waals surface area contributed by atoms with Crippen molar-refractivity contribution in [2.45, 2.75) is 6.61 Å². The zero-order valence-electron chi connectivity index (χ0n) is 6.77. The number of nitrogens with zero attached hydrogens (tertiary/aromatic N) is 1. The van der Waals surface area contributed by atoms with Crippen LogP contribution in [0.3, 0.4) is 0 Å². The van der Waals surface area contributed by atoms with Gasteiger partial charge in [-0.25, -0.2) is 0 Å². The van der Waals surface area contributed by atoms with Crippen LogP contribution in [-0.4, -0.2) is 5.09 Å². The summed E-state index contributed by atoms with van der Waals surface area (Å²) in [7, 11) is 0. The maximum atomic E-state index is 9.87. The van der Waals surface area contributed by atoms with Crippen molar-refractivity contribution in [3.63, 3.8) is 0 Å². The Bertz CT molecular complexity index is 354. The first-order valence-corrected chi connectivity index (χ1v) is 3.55. The van der Waals surface area contributed by atoms with Gasteiger partial charge in [0, 0.05) is 5.56 Å². The summed E-state index contributed by atoms with van der Waals surface area (Å²) in [5.41, 5.74) is 1.37. The Morgan fingerprint density at radius 2 is 2.38 bits per heavy atom. The Morgan fingerprint density at radius 3 is 3.00 bits per heavy atom. The van der Waals surface area contributed by atoms with Gasteiger partial charge in [0.2, 0.25) is 0 Å². The fraction of sp³-hybridized carbons (Fsp3) is 0.111. The highest BCUT2D eigenvalue weighted by atomic mass is 16.9.